The maximum Gasteiger partial charge on any atom is 0.245 e. The Morgan fingerprint density at radius 3 is 2.58 bits per heavy atom. The molecule has 0 radical (unpaired) electrons. The number of Topliss-reactive ketones (excluding diaryl/α,β-unsaturated/α-hetero) is 1. The molecule has 0 bridgehead atoms. The predicted octanol–water partition coefficient (Wildman–Crippen LogP) is 4.58. The molecule has 1 aliphatic heterocycles. The van der Waals surface area contributed by atoms with Gasteiger partial charge in [0.05, 0.1) is 11.2 Å². The summed E-state index contributed by atoms with van der Waals surface area (Å²) in [4.78, 5) is 33.9. The number of likely N-dealkylation sites (tertiary alicyclic amines) is 1. The molecule has 8 nitrogen and oxygen atoms in total. The number of hydrogen-bond donors (Lipinski definition) is 1. The second-order valence-corrected chi connectivity index (χ2v) is 12.1. The van der Waals surface area contributed by atoms with Crippen molar-refractivity contribution in [1.29, 1.82) is 0 Å². The molecule has 9 heteroatoms. The van der Waals surface area contributed by atoms with Crippen LogP contribution in [0.4, 0.5) is 0 Å². The molecule has 1 saturated heterocycles. The number of rotatable bonds is 10. The van der Waals surface area contributed by atoms with Crippen LogP contribution in [0.3, 0.4) is 0 Å². The van der Waals surface area contributed by atoms with E-state index in [9.17, 15) is 9.59 Å². The molecule has 0 spiro atoms. The zero-order valence-corrected chi connectivity index (χ0v) is 24.2. The molecular formula is C29H39ClN6O2. The Balaban J connectivity index is 1.56. The fraction of sp³-hybridized carbons (Fsp3) is 0.517. The molecule has 3 aromatic rings. The Bertz CT molecular complexity index is 1360. The van der Waals surface area contributed by atoms with Crippen molar-refractivity contribution in [3.63, 3.8) is 0 Å². The highest BCUT2D eigenvalue weighted by atomic mass is 35.5. The van der Waals surface area contributed by atoms with Crippen LogP contribution < -0.4 is 0 Å². The van der Waals surface area contributed by atoms with Crippen LogP contribution in [0.15, 0.2) is 24.8 Å². The number of fused-ring (bicyclic) bond motifs is 1. The summed E-state index contributed by atoms with van der Waals surface area (Å²) >= 11 is 6.56. The van der Waals surface area contributed by atoms with Crippen molar-refractivity contribution in [3.05, 3.63) is 58.3 Å². The molecule has 204 valence electrons. The molecule has 0 atom stereocenters. The van der Waals surface area contributed by atoms with Crippen LogP contribution in [0.2, 0.25) is 5.02 Å². The van der Waals surface area contributed by atoms with Crippen LogP contribution in [-0.4, -0.2) is 75.0 Å². The van der Waals surface area contributed by atoms with Gasteiger partial charge in [-0.15, -0.1) is 0 Å². The molecule has 38 heavy (non-hydrogen) atoms. The van der Waals surface area contributed by atoms with E-state index in [1.807, 2.05) is 27.1 Å². The molecular weight excluding hydrogens is 500 g/mol. The van der Waals surface area contributed by atoms with Crippen molar-refractivity contribution < 1.29 is 9.59 Å². The number of nitrogens with zero attached hydrogens (tertiary/aromatic N) is 5. The van der Waals surface area contributed by atoms with Crippen molar-refractivity contribution in [3.8, 4) is 0 Å². The van der Waals surface area contributed by atoms with Gasteiger partial charge in [0.1, 0.15) is 11.5 Å². The minimum absolute atomic E-state index is 0.0774. The van der Waals surface area contributed by atoms with Gasteiger partial charge in [0, 0.05) is 61.0 Å². The number of aryl methyl sites for hydroxylation is 3. The molecule has 1 fully saturated rings. The van der Waals surface area contributed by atoms with Gasteiger partial charge in [-0.05, 0) is 56.6 Å². The van der Waals surface area contributed by atoms with Crippen LogP contribution in [0.25, 0.3) is 10.9 Å². The number of amides is 1. The van der Waals surface area contributed by atoms with Gasteiger partial charge >= 0.3 is 0 Å². The Hall–Kier alpha value is -2.97. The standard InChI is InChI=1S/C29H39ClN6O2/c1-8-27(38)35-16-19(17-35)13-25(37)28-18(2)31-26(36(28)12-11-34(6)7)10-9-23-20-14-21(29(3,4)5)22(30)15-24(20)33-32-23/h8,14-15,19H,1,9-13,16-17H2,2-7H3,(H,32,33). The van der Waals surface area contributed by atoms with E-state index in [0.29, 0.717) is 38.2 Å². The Labute approximate surface area is 230 Å². The summed E-state index contributed by atoms with van der Waals surface area (Å²) in [5.41, 5.74) is 4.35. The first-order valence-electron chi connectivity index (χ1n) is 13.2. The molecule has 0 unspecified atom stereocenters. The summed E-state index contributed by atoms with van der Waals surface area (Å²) < 4.78 is 2.10. The first-order chi connectivity index (χ1) is 17.9. The largest absolute Gasteiger partial charge is 0.338 e. The van der Waals surface area contributed by atoms with E-state index in [2.05, 4.69) is 53.1 Å². The van der Waals surface area contributed by atoms with Crippen LogP contribution in [0.5, 0.6) is 0 Å². The van der Waals surface area contributed by atoms with Crippen LogP contribution in [0, 0.1) is 12.8 Å². The molecule has 0 saturated carbocycles. The Morgan fingerprint density at radius 2 is 1.95 bits per heavy atom. The Morgan fingerprint density at radius 1 is 1.24 bits per heavy atom. The van der Waals surface area contributed by atoms with Gasteiger partial charge in [-0.3, -0.25) is 14.7 Å². The van der Waals surface area contributed by atoms with Gasteiger partial charge in [0.2, 0.25) is 5.91 Å². The maximum atomic E-state index is 13.4. The van der Waals surface area contributed by atoms with Crippen molar-refractivity contribution in [2.45, 2.75) is 58.9 Å². The van der Waals surface area contributed by atoms with Crippen molar-refractivity contribution in [2.24, 2.45) is 5.92 Å². The number of hydrogen-bond acceptors (Lipinski definition) is 5. The van der Waals surface area contributed by atoms with E-state index in [0.717, 1.165) is 51.7 Å². The van der Waals surface area contributed by atoms with Gasteiger partial charge < -0.3 is 14.4 Å². The van der Waals surface area contributed by atoms with Gasteiger partial charge in [0.25, 0.3) is 0 Å². The van der Waals surface area contributed by atoms with Crippen LogP contribution in [-0.2, 0) is 29.6 Å². The van der Waals surface area contributed by atoms with Crippen molar-refractivity contribution in [1.82, 2.24) is 29.5 Å². The molecule has 3 heterocycles. The molecule has 4 rings (SSSR count). The third kappa shape index (κ3) is 5.86. The normalized spacial score (nSPS) is 14.4. The zero-order valence-electron chi connectivity index (χ0n) is 23.4. The molecule has 0 aliphatic carbocycles. The maximum absolute atomic E-state index is 13.4. The van der Waals surface area contributed by atoms with Crippen LogP contribution >= 0.6 is 11.6 Å². The minimum Gasteiger partial charge on any atom is -0.338 e. The summed E-state index contributed by atoms with van der Waals surface area (Å²) in [6.07, 6.45) is 3.13. The third-order valence-electron chi connectivity index (χ3n) is 7.30. The number of aromatic amines is 1. The van der Waals surface area contributed by atoms with Crippen LogP contribution in [0.1, 0.15) is 60.5 Å². The lowest BCUT2D eigenvalue weighted by molar-refractivity contribution is -0.132. The van der Waals surface area contributed by atoms with Gasteiger partial charge in [-0.2, -0.15) is 5.10 Å². The highest BCUT2D eigenvalue weighted by molar-refractivity contribution is 6.32. The number of benzene rings is 1. The first-order valence-corrected chi connectivity index (χ1v) is 13.6. The lowest BCUT2D eigenvalue weighted by atomic mass is 9.86. The lowest BCUT2D eigenvalue weighted by Gasteiger charge is -2.38. The number of H-pyrrole nitrogens is 1. The smallest absolute Gasteiger partial charge is 0.245 e. The van der Waals surface area contributed by atoms with Crippen molar-refractivity contribution >= 4 is 34.2 Å². The highest BCUT2D eigenvalue weighted by Gasteiger charge is 2.32. The quantitative estimate of drug-likeness (QED) is 0.301. The number of imidazole rings is 1. The monoisotopic (exact) mass is 538 g/mol. The molecule has 1 aliphatic rings. The van der Waals surface area contributed by atoms with E-state index in [1.165, 1.54) is 6.08 Å². The summed E-state index contributed by atoms with van der Waals surface area (Å²) in [6, 6.07) is 4.08. The second kappa shape index (κ2) is 11.0. The van der Waals surface area contributed by atoms with Gasteiger partial charge in [0.15, 0.2) is 5.78 Å². The van der Waals surface area contributed by atoms with E-state index >= 15 is 0 Å². The lowest BCUT2D eigenvalue weighted by Crippen LogP contribution is -2.50. The first kappa shape index (κ1) is 28.0. The fourth-order valence-electron chi connectivity index (χ4n) is 5.17. The van der Waals surface area contributed by atoms with Gasteiger partial charge in [-0.25, -0.2) is 4.98 Å². The number of aromatic nitrogens is 4. The highest BCUT2D eigenvalue weighted by Crippen LogP contribution is 2.34. The zero-order chi connectivity index (χ0) is 27.8. The predicted molar refractivity (Wildman–Crippen MR) is 152 cm³/mol. The summed E-state index contributed by atoms with van der Waals surface area (Å²) in [5, 5.41) is 9.49. The van der Waals surface area contributed by atoms with E-state index < -0.39 is 0 Å². The average Bonchev–Trinajstić information content (AvgIpc) is 3.35. The summed E-state index contributed by atoms with van der Waals surface area (Å²) in [6.45, 7) is 14.6. The molecule has 2 aromatic heterocycles. The molecule has 1 amide bonds. The summed E-state index contributed by atoms with van der Waals surface area (Å²) in [7, 11) is 4.05. The number of carbonyl (C=O) groups is 2. The number of ketones is 1. The third-order valence-corrected chi connectivity index (χ3v) is 7.61. The fourth-order valence-corrected chi connectivity index (χ4v) is 5.61. The summed E-state index contributed by atoms with van der Waals surface area (Å²) in [5.74, 6) is 1.09. The minimum atomic E-state index is -0.0783. The SMILES string of the molecule is C=CC(=O)N1CC(CC(=O)c2c(C)nc(CCc3[nH]nc4cc(Cl)c(C(C)(C)C)cc34)n2CCN(C)C)C1. The Kier molecular flexibility index (Phi) is 8.14. The number of nitrogens with one attached hydrogen (secondary N) is 1. The van der Waals surface area contributed by atoms with E-state index in [1.54, 1.807) is 4.90 Å². The number of halogens is 1. The number of likely N-dealkylation sites (N-methyl/N-ethyl adjacent to an activating group) is 1. The number of carbonyl (C=O) groups excluding carboxylic acids is 2. The second-order valence-electron chi connectivity index (χ2n) is 11.7. The van der Waals surface area contributed by atoms with Gasteiger partial charge in [-0.1, -0.05) is 39.0 Å². The van der Waals surface area contributed by atoms with Crippen molar-refractivity contribution in [2.75, 3.05) is 33.7 Å². The molecule has 1 aromatic carbocycles. The average molecular weight is 539 g/mol. The van der Waals surface area contributed by atoms with E-state index in [4.69, 9.17) is 16.6 Å². The van der Waals surface area contributed by atoms with E-state index in [-0.39, 0.29) is 23.0 Å². The topological polar surface area (TPSA) is 87.1 Å². The molecule has 1 N–H and O–H groups in total.